The highest BCUT2D eigenvalue weighted by molar-refractivity contribution is 5.44. The molecule has 2 atom stereocenters. The molecule has 0 saturated carbocycles. The third-order valence-electron chi connectivity index (χ3n) is 5.09. The van der Waals surface area contributed by atoms with Crippen molar-refractivity contribution in [1.82, 2.24) is 10.2 Å². The van der Waals surface area contributed by atoms with Crippen molar-refractivity contribution in [3.63, 3.8) is 0 Å². The average molecular weight is 293 g/mol. The third kappa shape index (κ3) is 2.35. The Hall–Kier alpha value is -1.68. The molecule has 0 amide bonds. The topological polar surface area (TPSA) is 41.3 Å². The Kier molecular flexibility index (Phi) is 3.70. The summed E-state index contributed by atoms with van der Waals surface area (Å²) in [5.41, 5.74) is 11.5. The fraction of sp³-hybridized carbons (Fsp3) is 0.368. The van der Waals surface area contributed by atoms with Crippen molar-refractivity contribution < 1.29 is 0 Å². The molecule has 2 aromatic carbocycles. The molecular weight excluding hydrogens is 270 g/mol. The van der Waals surface area contributed by atoms with E-state index in [2.05, 4.69) is 58.7 Å². The summed E-state index contributed by atoms with van der Waals surface area (Å²) in [4.78, 5) is 2.64. The van der Waals surface area contributed by atoms with Gasteiger partial charge in [0.2, 0.25) is 0 Å². The second-order valence-corrected chi connectivity index (χ2v) is 6.35. The molecule has 0 aliphatic carbocycles. The first-order valence-electron chi connectivity index (χ1n) is 8.19. The molecule has 22 heavy (non-hydrogen) atoms. The zero-order chi connectivity index (χ0) is 14.9. The van der Waals surface area contributed by atoms with Crippen LogP contribution >= 0.6 is 0 Å². The summed E-state index contributed by atoms with van der Waals surface area (Å²) >= 11 is 0. The maximum absolute atomic E-state index is 5.87. The van der Waals surface area contributed by atoms with Gasteiger partial charge in [-0.05, 0) is 22.3 Å². The number of benzene rings is 2. The van der Waals surface area contributed by atoms with Crippen LogP contribution in [-0.4, -0.2) is 31.1 Å². The van der Waals surface area contributed by atoms with E-state index in [9.17, 15) is 0 Å². The highest BCUT2D eigenvalue weighted by Crippen LogP contribution is 2.40. The van der Waals surface area contributed by atoms with Crippen LogP contribution in [0.1, 0.15) is 34.2 Å². The first-order valence-corrected chi connectivity index (χ1v) is 8.19. The molecule has 114 valence electrons. The van der Waals surface area contributed by atoms with Crippen molar-refractivity contribution in [3.05, 3.63) is 70.8 Å². The first-order chi connectivity index (χ1) is 10.9. The number of hydrogen-bond donors (Lipinski definition) is 2. The van der Waals surface area contributed by atoms with E-state index in [1.807, 2.05) is 0 Å². The first kappa shape index (κ1) is 13.9. The molecule has 0 spiro atoms. The molecular formula is C19H23N3. The van der Waals surface area contributed by atoms with E-state index in [0.29, 0.717) is 18.5 Å². The third-order valence-corrected chi connectivity index (χ3v) is 5.09. The lowest BCUT2D eigenvalue weighted by Crippen LogP contribution is -2.50. The minimum atomic E-state index is 0.470. The van der Waals surface area contributed by atoms with Gasteiger partial charge in [0.05, 0.1) is 0 Å². The Balaban J connectivity index is 1.82. The highest BCUT2D eigenvalue weighted by Gasteiger charge is 2.35. The normalized spacial score (nSPS) is 24.6. The van der Waals surface area contributed by atoms with Crippen molar-refractivity contribution in [2.45, 2.75) is 18.5 Å². The molecule has 2 aliphatic rings. The molecule has 3 heteroatoms. The van der Waals surface area contributed by atoms with E-state index >= 15 is 0 Å². The molecule has 1 fully saturated rings. The Labute approximate surface area is 132 Å². The van der Waals surface area contributed by atoms with Crippen LogP contribution in [0.15, 0.2) is 48.5 Å². The van der Waals surface area contributed by atoms with Crippen LogP contribution < -0.4 is 11.1 Å². The van der Waals surface area contributed by atoms with Crippen LogP contribution in [0.2, 0.25) is 0 Å². The number of rotatable bonds is 2. The predicted octanol–water partition coefficient (Wildman–Crippen LogP) is 2.24. The van der Waals surface area contributed by atoms with Crippen molar-refractivity contribution in [1.29, 1.82) is 0 Å². The molecule has 2 aromatic rings. The molecule has 0 aromatic heterocycles. The lowest BCUT2D eigenvalue weighted by atomic mass is 9.80. The van der Waals surface area contributed by atoms with Crippen LogP contribution in [0.5, 0.6) is 0 Å². The van der Waals surface area contributed by atoms with Gasteiger partial charge in [-0.2, -0.15) is 0 Å². The smallest absolute Gasteiger partial charge is 0.0476 e. The Morgan fingerprint density at radius 1 is 1.09 bits per heavy atom. The number of nitrogens with two attached hydrogens (primary N) is 1. The minimum Gasteiger partial charge on any atom is -0.326 e. The van der Waals surface area contributed by atoms with Gasteiger partial charge >= 0.3 is 0 Å². The minimum absolute atomic E-state index is 0.470. The monoisotopic (exact) mass is 293 g/mol. The number of nitrogens with one attached hydrogen (secondary N) is 1. The second kappa shape index (κ2) is 5.84. The Morgan fingerprint density at radius 3 is 2.77 bits per heavy atom. The van der Waals surface area contributed by atoms with Crippen molar-refractivity contribution in [3.8, 4) is 0 Å². The van der Waals surface area contributed by atoms with Crippen molar-refractivity contribution in [2.75, 3.05) is 26.2 Å². The number of hydrogen-bond acceptors (Lipinski definition) is 3. The van der Waals surface area contributed by atoms with Gasteiger partial charge in [0.25, 0.3) is 0 Å². The quantitative estimate of drug-likeness (QED) is 0.892. The van der Waals surface area contributed by atoms with Crippen LogP contribution in [0.4, 0.5) is 0 Å². The second-order valence-electron chi connectivity index (χ2n) is 6.35. The fourth-order valence-electron chi connectivity index (χ4n) is 3.93. The number of fused-ring (bicyclic) bond motifs is 3. The van der Waals surface area contributed by atoms with E-state index < -0.39 is 0 Å². The van der Waals surface area contributed by atoms with Gasteiger partial charge in [0.1, 0.15) is 0 Å². The summed E-state index contributed by atoms with van der Waals surface area (Å²) in [5, 5.41) is 3.54. The maximum Gasteiger partial charge on any atom is 0.0476 e. The highest BCUT2D eigenvalue weighted by atomic mass is 15.2. The van der Waals surface area contributed by atoms with Gasteiger partial charge < -0.3 is 11.1 Å². The summed E-state index contributed by atoms with van der Waals surface area (Å²) in [6, 6.07) is 18.2. The largest absolute Gasteiger partial charge is 0.326 e. The van der Waals surface area contributed by atoms with Gasteiger partial charge in [-0.1, -0.05) is 48.5 Å². The molecule has 2 unspecified atom stereocenters. The average Bonchev–Trinajstić information content (AvgIpc) is 2.61. The maximum atomic E-state index is 5.87. The molecule has 4 rings (SSSR count). The van der Waals surface area contributed by atoms with Gasteiger partial charge in [0.15, 0.2) is 0 Å². The van der Waals surface area contributed by atoms with Crippen molar-refractivity contribution >= 4 is 0 Å². The van der Waals surface area contributed by atoms with E-state index in [1.54, 1.807) is 0 Å². The van der Waals surface area contributed by atoms with Gasteiger partial charge in [-0.15, -0.1) is 0 Å². The van der Waals surface area contributed by atoms with Crippen molar-refractivity contribution in [2.24, 2.45) is 5.73 Å². The zero-order valence-electron chi connectivity index (χ0n) is 12.8. The molecule has 2 heterocycles. The van der Waals surface area contributed by atoms with Crippen LogP contribution in [0, 0.1) is 0 Å². The van der Waals surface area contributed by atoms with Crippen LogP contribution in [0.25, 0.3) is 0 Å². The molecule has 2 aliphatic heterocycles. The van der Waals surface area contributed by atoms with Gasteiger partial charge in [-0.3, -0.25) is 4.90 Å². The summed E-state index contributed by atoms with van der Waals surface area (Å²) < 4.78 is 0. The fourth-order valence-corrected chi connectivity index (χ4v) is 3.93. The van der Waals surface area contributed by atoms with Gasteiger partial charge in [0, 0.05) is 44.7 Å². The molecule has 0 bridgehead atoms. The standard InChI is InChI=1S/C19H23N3/c20-11-14-6-7-16-17(10-14)19-12-21-8-9-22(19)13-18(16)15-4-2-1-3-5-15/h1-7,10,18-19,21H,8-9,11-13,20H2. The lowest BCUT2D eigenvalue weighted by molar-refractivity contribution is 0.143. The summed E-state index contributed by atoms with van der Waals surface area (Å²) in [6.45, 7) is 4.99. The van der Waals surface area contributed by atoms with E-state index in [1.165, 1.54) is 22.3 Å². The summed E-state index contributed by atoms with van der Waals surface area (Å²) in [5.74, 6) is 0.470. The van der Waals surface area contributed by atoms with E-state index in [4.69, 9.17) is 5.73 Å². The number of piperazine rings is 1. The van der Waals surface area contributed by atoms with E-state index in [0.717, 1.165) is 26.2 Å². The molecule has 1 saturated heterocycles. The number of nitrogens with zero attached hydrogens (tertiary/aromatic N) is 1. The summed E-state index contributed by atoms with van der Waals surface area (Å²) in [6.07, 6.45) is 0. The van der Waals surface area contributed by atoms with E-state index in [-0.39, 0.29) is 0 Å². The van der Waals surface area contributed by atoms with Crippen LogP contribution in [-0.2, 0) is 6.54 Å². The van der Waals surface area contributed by atoms with Gasteiger partial charge in [-0.25, -0.2) is 0 Å². The zero-order valence-corrected chi connectivity index (χ0v) is 12.8. The molecule has 0 radical (unpaired) electrons. The predicted molar refractivity (Wildman–Crippen MR) is 89.8 cm³/mol. The molecule has 3 nitrogen and oxygen atoms in total. The lowest BCUT2D eigenvalue weighted by Gasteiger charge is -2.44. The Morgan fingerprint density at radius 2 is 1.95 bits per heavy atom. The molecule has 3 N–H and O–H groups in total. The SMILES string of the molecule is NCc1ccc2c(c1)C1CNCCN1CC2c1ccccc1. The Bertz CT molecular complexity index is 653. The van der Waals surface area contributed by atoms with Crippen LogP contribution in [0.3, 0.4) is 0 Å². The summed E-state index contributed by atoms with van der Waals surface area (Å²) in [7, 11) is 0.